The first-order valence-corrected chi connectivity index (χ1v) is 8.92. The van der Waals surface area contributed by atoms with Crippen molar-refractivity contribution in [2.24, 2.45) is 5.73 Å². The maximum absolute atomic E-state index is 13.2. The third-order valence-corrected chi connectivity index (χ3v) is 4.58. The number of nitrogens with zero attached hydrogens (tertiary/aromatic N) is 2. The van der Waals surface area contributed by atoms with E-state index >= 15 is 0 Å². The van der Waals surface area contributed by atoms with Crippen LogP contribution in [-0.4, -0.2) is 21.1 Å². The molecule has 30 heavy (non-hydrogen) atoms. The number of alkyl halides is 3. The molecule has 0 aliphatic carbocycles. The lowest BCUT2D eigenvalue weighted by molar-refractivity contribution is -0.137. The van der Waals surface area contributed by atoms with Gasteiger partial charge < -0.3 is 5.73 Å². The monoisotopic (exact) mass is 408 g/mol. The highest BCUT2D eigenvalue weighted by molar-refractivity contribution is 5.89. The number of halogens is 3. The van der Waals surface area contributed by atoms with Crippen molar-refractivity contribution in [3.63, 3.8) is 0 Å². The summed E-state index contributed by atoms with van der Waals surface area (Å²) in [7, 11) is 0. The van der Waals surface area contributed by atoms with Gasteiger partial charge >= 0.3 is 6.18 Å². The minimum Gasteiger partial charge on any atom is -0.363 e. The van der Waals surface area contributed by atoms with Crippen molar-refractivity contribution < 1.29 is 18.0 Å². The molecule has 0 radical (unpaired) electrons. The van der Waals surface area contributed by atoms with E-state index in [1.165, 1.54) is 6.07 Å². The number of nitrogens with two attached hydrogens (primary N) is 1. The molecule has 8 heteroatoms. The maximum atomic E-state index is 13.2. The van der Waals surface area contributed by atoms with Gasteiger partial charge in [0.2, 0.25) is 5.82 Å². The largest absolute Gasteiger partial charge is 0.416 e. The summed E-state index contributed by atoms with van der Waals surface area (Å²) in [4.78, 5) is 15.3. The highest BCUT2D eigenvalue weighted by Gasteiger charge is 2.30. The second-order valence-corrected chi connectivity index (χ2v) is 6.58. The average molecular weight is 408 g/mol. The zero-order chi connectivity index (χ0) is 21.3. The number of rotatable bonds is 4. The molecular weight excluding hydrogens is 393 g/mol. The highest BCUT2D eigenvalue weighted by atomic mass is 19.4. The molecule has 0 aliphatic heterocycles. The number of aromatic nitrogens is 3. The van der Waals surface area contributed by atoms with Crippen molar-refractivity contribution in [1.29, 1.82) is 0 Å². The van der Waals surface area contributed by atoms with Gasteiger partial charge in [0, 0.05) is 5.56 Å². The standard InChI is InChI=1S/C22H15F3N4O/c23-22(24,25)16-8-4-6-14(12-16)18-10-2-1-9-17(18)13-5-3-7-15(11-13)20-27-21(19(26)30)29-28-20/h1-12H,(H2,26,30)(H,27,28,29). The van der Waals surface area contributed by atoms with Gasteiger partial charge in [0.15, 0.2) is 5.82 Å². The van der Waals surface area contributed by atoms with Crippen molar-refractivity contribution >= 4 is 5.91 Å². The number of hydrogen-bond donors (Lipinski definition) is 2. The molecule has 1 amide bonds. The summed E-state index contributed by atoms with van der Waals surface area (Å²) >= 11 is 0. The fourth-order valence-corrected chi connectivity index (χ4v) is 3.18. The third kappa shape index (κ3) is 3.80. The molecule has 3 N–H and O–H groups in total. The average Bonchev–Trinajstić information content (AvgIpc) is 3.24. The topological polar surface area (TPSA) is 84.7 Å². The summed E-state index contributed by atoms with van der Waals surface area (Å²) in [6.45, 7) is 0. The number of primary amides is 1. The van der Waals surface area contributed by atoms with Crippen molar-refractivity contribution in [3.05, 3.63) is 84.2 Å². The molecule has 4 aromatic rings. The molecule has 4 rings (SSSR count). The van der Waals surface area contributed by atoms with E-state index in [1.54, 1.807) is 36.4 Å². The first kappa shape index (κ1) is 19.4. The fraction of sp³-hybridized carbons (Fsp3) is 0.0455. The van der Waals surface area contributed by atoms with Crippen molar-refractivity contribution in [3.8, 4) is 33.6 Å². The van der Waals surface area contributed by atoms with E-state index in [1.807, 2.05) is 18.2 Å². The van der Waals surface area contributed by atoms with Gasteiger partial charge in [-0.1, -0.05) is 54.6 Å². The Morgan fingerprint density at radius 2 is 1.43 bits per heavy atom. The number of aromatic amines is 1. The SMILES string of the molecule is NC(=O)c1nc(-c2cccc(-c3ccccc3-c3cccc(C(F)(F)F)c3)c2)n[nH]1. The minimum absolute atomic E-state index is 0.0558. The molecule has 5 nitrogen and oxygen atoms in total. The smallest absolute Gasteiger partial charge is 0.363 e. The molecule has 0 bridgehead atoms. The van der Waals surface area contributed by atoms with Gasteiger partial charge in [-0.2, -0.15) is 18.3 Å². The zero-order valence-corrected chi connectivity index (χ0v) is 15.4. The summed E-state index contributed by atoms with van der Waals surface area (Å²) in [5.41, 5.74) is 7.77. The van der Waals surface area contributed by atoms with Crippen LogP contribution < -0.4 is 5.73 Å². The van der Waals surface area contributed by atoms with Crippen LogP contribution in [0.1, 0.15) is 16.2 Å². The number of H-pyrrole nitrogens is 1. The van der Waals surface area contributed by atoms with Gasteiger partial charge in [-0.15, -0.1) is 0 Å². The van der Waals surface area contributed by atoms with Crippen LogP contribution in [0.25, 0.3) is 33.6 Å². The number of amides is 1. The Balaban J connectivity index is 1.79. The second-order valence-electron chi connectivity index (χ2n) is 6.58. The van der Waals surface area contributed by atoms with Crippen LogP contribution in [-0.2, 0) is 6.18 Å². The Kier molecular flexibility index (Phi) is 4.83. The molecule has 0 fully saturated rings. The first-order valence-electron chi connectivity index (χ1n) is 8.92. The lowest BCUT2D eigenvalue weighted by atomic mass is 9.93. The first-order chi connectivity index (χ1) is 14.3. The molecule has 3 aromatic carbocycles. The fourth-order valence-electron chi connectivity index (χ4n) is 3.18. The van der Waals surface area contributed by atoms with E-state index in [0.29, 0.717) is 22.5 Å². The minimum atomic E-state index is -4.42. The summed E-state index contributed by atoms with van der Waals surface area (Å²) in [6, 6.07) is 19.6. The van der Waals surface area contributed by atoms with Crippen LogP contribution in [0.15, 0.2) is 72.8 Å². The second kappa shape index (κ2) is 7.47. The van der Waals surface area contributed by atoms with Crippen LogP contribution >= 0.6 is 0 Å². The van der Waals surface area contributed by atoms with Crippen LogP contribution in [0.5, 0.6) is 0 Å². The molecule has 0 aliphatic rings. The Morgan fingerprint density at radius 3 is 2.03 bits per heavy atom. The molecule has 0 unspecified atom stereocenters. The predicted molar refractivity (Wildman–Crippen MR) is 106 cm³/mol. The number of carbonyl (C=O) groups excluding carboxylic acids is 1. The van der Waals surface area contributed by atoms with Gasteiger partial charge in [0.1, 0.15) is 0 Å². The number of nitrogens with one attached hydrogen (secondary N) is 1. The van der Waals surface area contributed by atoms with Gasteiger partial charge in [-0.05, 0) is 40.5 Å². The Labute approximate surface area is 169 Å². The molecule has 0 atom stereocenters. The van der Waals surface area contributed by atoms with Crippen LogP contribution in [0.3, 0.4) is 0 Å². The Hall–Kier alpha value is -3.94. The van der Waals surface area contributed by atoms with Gasteiger partial charge in [0.05, 0.1) is 5.56 Å². The molecule has 0 spiro atoms. The van der Waals surface area contributed by atoms with E-state index in [0.717, 1.165) is 23.3 Å². The quantitative estimate of drug-likeness (QED) is 0.502. The van der Waals surface area contributed by atoms with Gasteiger partial charge in [0.25, 0.3) is 5.91 Å². The highest BCUT2D eigenvalue weighted by Crippen LogP contribution is 2.36. The summed E-state index contributed by atoms with van der Waals surface area (Å²) in [5, 5.41) is 6.48. The number of carbonyl (C=O) groups is 1. The van der Waals surface area contributed by atoms with E-state index in [9.17, 15) is 18.0 Å². The Morgan fingerprint density at radius 1 is 0.833 bits per heavy atom. The number of benzene rings is 3. The van der Waals surface area contributed by atoms with Gasteiger partial charge in [-0.25, -0.2) is 4.98 Å². The van der Waals surface area contributed by atoms with Crippen LogP contribution in [0.4, 0.5) is 13.2 Å². The van der Waals surface area contributed by atoms with Gasteiger partial charge in [-0.3, -0.25) is 9.89 Å². The summed E-state index contributed by atoms with van der Waals surface area (Å²) < 4.78 is 39.5. The van der Waals surface area contributed by atoms with E-state index in [4.69, 9.17) is 5.73 Å². The predicted octanol–water partition coefficient (Wildman–Crippen LogP) is 4.92. The van der Waals surface area contributed by atoms with Crippen LogP contribution in [0.2, 0.25) is 0 Å². The van der Waals surface area contributed by atoms with E-state index in [2.05, 4.69) is 15.2 Å². The maximum Gasteiger partial charge on any atom is 0.416 e. The molecule has 1 heterocycles. The number of hydrogen-bond acceptors (Lipinski definition) is 3. The Bertz CT molecular complexity index is 1230. The third-order valence-electron chi connectivity index (χ3n) is 4.58. The normalized spacial score (nSPS) is 11.4. The lowest BCUT2D eigenvalue weighted by Gasteiger charge is -2.13. The summed E-state index contributed by atoms with van der Waals surface area (Å²) in [6.07, 6.45) is -4.42. The molecule has 150 valence electrons. The van der Waals surface area contributed by atoms with E-state index in [-0.39, 0.29) is 5.82 Å². The van der Waals surface area contributed by atoms with Crippen molar-refractivity contribution in [2.75, 3.05) is 0 Å². The van der Waals surface area contributed by atoms with Crippen molar-refractivity contribution in [1.82, 2.24) is 15.2 Å². The zero-order valence-electron chi connectivity index (χ0n) is 15.4. The molecule has 0 saturated carbocycles. The van der Waals surface area contributed by atoms with Crippen molar-refractivity contribution in [2.45, 2.75) is 6.18 Å². The molecule has 1 aromatic heterocycles. The lowest BCUT2D eigenvalue weighted by Crippen LogP contribution is -2.12. The van der Waals surface area contributed by atoms with E-state index < -0.39 is 17.6 Å². The summed E-state index contributed by atoms with van der Waals surface area (Å²) in [5.74, 6) is -0.484. The molecule has 0 saturated heterocycles. The molecular formula is C22H15F3N4O. The van der Waals surface area contributed by atoms with Crippen LogP contribution in [0, 0.1) is 0 Å².